The average Bonchev–Trinajstić information content (AvgIpc) is 1.83. The first-order valence-electron chi connectivity index (χ1n) is 2.55. The van der Waals surface area contributed by atoms with Crippen LogP contribution in [-0.2, 0) is 0 Å². The number of hydrogen-bond acceptors (Lipinski definition) is 1. The van der Waals surface area contributed by atoms with Gasteiger partial charge < -0.3 is 0 Å². The molecule has 0 unspecified atom stereocenters. The van der Waals surface area contributed by atoms with Crippen molar-refractivity contribution in [3.8, 4) is 0 Å². The SMILES string of the molecule is C=CC(=C)/C=C/N(C)F. The highest BCUT2D eigenvalue weighted by molar-refractivity contribution is 5.24. The lowest BCUT2D eigenvalue weighted by Gasteiger charge is -1.95. The van der Waals surface area contributed by atoms with E-state index in [1.54, 1.807) is 6.08 Å². The van der Waals surface area contributed by atoms with Crippen molar-refractivity contribution >= 4 is 0 Å². The zero-order chi connectivity index (χ0) is 7.28. The van der Waals surface area contributed by atoms with Gasteiger partial charge in [-0.05, 0) is 11.6 Å². The summed E-state index contributed by atoms with van der Waals surface area (Å²) in [5.41, 5.74) is 0.694. The van der Waals surface area contributed by atoms with Crippen LogP contribution in [-0.4, -0.2) is 12.2 Å². The lowest BCUT2D eigenvalue weighted by atomic mass is 10.3. The molecule has 0 heterocycles. The molecule has 0 spiro atoms. The van der Waals surface area contributed by atoms with Crippen molar-refractivity contribution in [2.24, 2.45) is 0 Å². The lowest BCUT2D eigenvalue weighted by molar-refractivity contribution is 0.128. The molecule has 0 rings (SSSR count). The van der Waals surface area contributed by atoms with Gasteiger partial charge in [-0.3, -0.25) is 0 Å². The summed E-state index contributed by atoms with van der Waals surface area (Å²) in [6.07, 6.45) is 4.36. The Labute approximate surface area is 54.7 Å². The Kier molecular flexibility index (Phi) is 3.44. The fraction of sp³-hybridized carbons (Fsp3) is 0.143. The van der Waals surface area contributed by atoms with Crippen LogP contribution in [0.15, 0.2) is 37.1 Å². The van der Waals surface area contributed by atoms with Crippen LogP contribution in [0.25, 0.3) is 0 Å². The third-order valence-corrected chi connectivity index (χ3v) is 0.756. The second-order valence-electron chi connectivity index (χ2n) is 1.62. The summed E-state index contributed by atoms with van der Waals surface area (Å²) in [6.45, 7) is 6.99. The number of halogens is 1. The summed E-state index contributed by atoms with van der Waals surface area (Å²) in [5, 5.41) is 0.453. The largest absolute Gasteiger partial charge is 0.222 e. The summed E-state index contributed by atoms with van der Waals surface area (Å²) >= 11 is 0. The predicted octanol–water partition coefficient (Wildman–Crippen LogP) is 2.06. The van der Waals surface area contributed by atoms with Gasteiger partial charge in [-0.1, -0.05) is 19.2 Å². The molecule has 0 fully saturated rings. The zero-order valence-corrected chi connectivity index (χ0v) is 5.47. The molecular formula is C7H10FN. The van der Waals surface area contributed by atoms with Gasteiger partial charge in [0, 0.05) is 13.2 Å². The Morgan fingerprint density at radius 2 is 2.22 bits per heavy atom. The molecule has 2 heteroatoms. The van der Waals surface area contributed by atoms with Gasteiger partial charge in [-0.15, -0.1) is 4.48 Å². The highest BCUT2D eigenvalue weighted by atomic mass is 19.2. The molecule has 0 aliphatic rings. The molecular weight excluding hydrogens is 117 g/mol. The quantitative estimate of drug-likeness (QED) is 0.414. The first kappa shape index (κ1) is 7.95. The normalized spacial score (nSPS) is 9.56. The maximum atomic E-state index is 11.9. The van der Waals surface area contributed by atoms with Crippen molar-refractivity contribution < 1.29 is 4.48 Å². The number of rotatable bonds is 3. The molecule has 0 atom stereocenters. The Morgan fingerprint density at radius 3 is 2.56 bits per heavy atom. The van der Waals surface area contributed by atoms with E-state index < -0.39 is 0 Å². The molecule has 50 valence electrons. The Hall–Kier alpha value is -1.05. The lowest BCUT2D eigenvalue weighted by Crippen LogP contribution is -1.92. The second kappa shape index (κ2) is 3.89. The number of hydrogen-bond donors (Lipinski definition) is 0. The predicted molar refractivity (Wildman–Crippen MR) is 37.3 cm³/mol. The minimum atomic E-state index is 0.453. The number of nitrogens with zero attached hydrogens (tertiary/aromatic N) is 1. The first-order valence-corrected chi connectivity index (χ1v) is 2.55. The standard InChI is InChI=1S/C7H10FN/c1-4-7(2)5-6-9(3)8/h4-6H,1-2H2,3H3/b6-5+. The fourth-order valence-electron chi connectivity index (χ4n) is 0.266. The van der Waals surface area contributed by atoms with Gasteiger partial charge in [0.05, 0.1) is 0 Å². The van der Waals surface area contributed by atoms with Gasteiger partial charge in [-0.2, -0.15) is 0 Å². The Bertz CT molecular complexity index is 136. The summed E-state index contributed by atoms with van der Waals surface area (Å²) in [4.78, 5) is 0. The van der Waals surface area contributed by atoms with Crippen LogP contribution in [0.2, 0.25) is 0 Å². The first-order chi connectivity index (χ1) is 4.16. The summed E-state index contributed by atoms with van der Waals surface area (Å²) in [5.74, 6) is 0. The minimum Gasteiger partial charge on any atom is -0.222 e. The summed E-state index contributed by atoms with van der Waals surface area (Å²) < 4.78 is 11.9. The minimum absolute atomic E-state index is 0.453. The van der Waals surface area contributed by atoms with Crippen LogP contribution >= 0.6 is 0 Å². The molecule has 0 aromatic heterocycles. The molecule has 0 aromatic carbocycles. The van der Waals surface area contributed by atoms with E-state index in [0.29, 0.717) is 10.7 Å². The maximum Gasteiger partial charge on any atom is 0.0387 e. The Morgan fingerprint density at radius 1 is 1.67 bits per heavy atom. The van der Waals surface area contributed by atoms with Crippen molar-refractivity contribution in [2.45, 2.75) is 0 Å². The van der Waals surface area contributed by atoms with Gasteiger partial charge in [0.15, 0.2) is 0 Å². The smallest absolute Gasteiger partial charge is 0.0387 e. The van der Waals surface area contributed by atoms with E-state index in [1.807, 2.05) is 0 Å². The van der Waals surface area contributed by atoms with Crippen LogP contribution in [0.1, 0.15) is 0 Å². The molecule has 0 N–H and O–H groups in total. The van der Waals surface area contributed by atoms with E-state index in [1.165, 1.54) is 19.3 Å². The van der Waals surface area contributed by atoms with Gasteiger partial charge >= 0.3 is 0 Å². The maximum absolute atomic E-state index is 11.9. The highest BCUT2D eigenvalue weighted by Crippen LogP contribution is 1.94. The van der Waals surface area contributed by atoms with Crippen molar-refractivity contribution in [1.29, 1.82) is 0 Å². The average molecular weight is 127 g/mol. The van der Waals surface area contributed by atoms with Gasteiger partial charge in [0.1, 0.15) is 0 Å². The van der Waals surface area contributed by atoms with Gasteiger partial charge in [0.25, 0.3) is 0 Å². The summed E-state index contributed by atoms with van der Waals surface area (Å²) in [7, 11) is 1.30. The van der Waals surface area contributed by atoms with E-state index in [-0.39, 0.29) is 0 Å². The third kappa shape index (κ3) is 4.81. The molecule has 0 radical (unpaired) electrons. The molecule has 0 aliphatic heterocycles. The van der Waals surface area contributed by atoms with Crippen LogP contribution in [0, 0.1) is 0 Å². The molecule has 0 saturated heterocycles. The topological polar surface area (TPSA) is 3.24 Å². The van der Waals surface area contributed by atoms with Crippen LogP contribution in [0.3, 0.4) is 0 Å². The number of allylic oxidation sites excluding steroid dienone is 3. The van der Waals surface area contributed by atoms with Gasteiger partial charge in [-0.25, -0.2) is 5.12 Å². The zero-order valence-electron chi connectivity index (χ0n) is 5.47. The molecule has 0 aromatic rings. The molecule has 0 aliphatic carbocycles. The molecule has 0 amide bonds. The molecule has 1 nitrogen and oxygen atoms in total. The Balaban J connectivity index is 3.70. The van der Waals surface area contributed by atoms with E-state index >= 15 is 0 Å². The monoisotopic (exact) mass is 127 g/mol. The highest BCUT2D eigenvalue weighted by Gasteiger charge is 1.80. The van der Waals surface area contributed by atoms with E-state index in [4.69, 9.17) is 0 Å². The van der Waals surface area contributed by atoms with Crippen molar-refractivity contribution in [1.82, 2.24) is 5.12 Å². The van der Waals surface area contributed by atoms with Crippen LogP contribution in [0.4, 0.5) is 4.48 Å². The van der Waals surface area contributed by atoms with E-state index in [9.17, 15) is 4.48 Å². The van der Waals surface area contributed by atoms with Crippen molar-refractivity contribution in [3.05, 3.63) is 37.1 Å². The molecule has 0 bridgehead atoms. The second-order valence-corrected chi connectivity index (χ2v) is 1.62. The van der Waals surface area contributed by atoms with Crippen LogP contribution in [0.5, 0.6) is 0 Å². The van der Waals surface area contributed by atoms with E-state index in [2.05, 4.69) is 13.2 Å². The van der Waals surface area contributed by atoms with E-state index in [0.717, 1.165) is 0 Å². The molecule has 9 heavy (non-hydrogen) atoms. The summed E-state index contributed by atoms with van der Waals surface area (Å²) in [6, 6.07) is 0. The van der Waals surface area contributed by atoms with Crippen LogP contribution < -0.4 is 0 Å². The van der Waals surface area contributed by atoms with Crippen molar-refractivity contribution in [3.63, 3.8) is 0 Å². The van der Waals surface area contributed by atoms with Crippen molar-refractivity contribution in [2.75, 3.05) is 7.05 Å². The van der Waals surface area contributed by atoms with Gasteiger partial charge in [0.2, 0.25) is 0 Å². The third-order valence-electron chi connectivity index (χ3n) is 0.756. The fourth-order valence-corrected chi connectivity index (χ4v) is 0.266. The molecule has 0 saturated carbocycles.